The Hall–Kier alpha value is -3.19. The fourth-order valence-corrected chi connectivity index (χ4v) is 3.19. The van der Waals surface area contributed by atoms with E-state index in [1.807, 2.05) is 36.5 Å². The monoisotopic (exact) mass is 367 g/mol. The van der Waals surface area contributed by atoms with E-state index >= 15 is 0 Å². The first-order chi connectivity index (χ1) is 13.1. The van der Waals surface area contributed by atoms with Gasteiger partial charge in [-0.2, -0.15) is 0 Å². The maximum absolute atomic E-state index is 12.4. The van der Waals surface area contributed by atoms with Gasteiger partial charge in [-0.25, -0.2) is 0 Å². The van der Waals surface area contributed by atoms with Crippen LogP contribution in [-0.2, 0) is 9.53 Å². The fourth-order valence-electron chi connectivity index (χ4n) is 3.19. The van der Waals surface area contributed by atoms with E-state index in [9.17, 15) is 14.9 Å². The molecule has 140 valence electrons. The van der Waals surface area contributed by atoms with Crippen molar-refractivity contribution in [1.29, 1.82) is 0 Å². The van der Waals surface area contributed by atoms with E-state index in [0.29, 0.717) is 13.2 Å². The van der Waals surface area contributed by atoms with Gasteiger partial charge in [-0.3, -0.25) is 14.9 Å². The third-order valence-electron chi connectivity index (χ3n) is 4.50. The van der Waals surface area contributed by atoms with Crippen LogP contribution in [0.25, 0.3) is 10.9 Å². The average molecular weight is 367 g/mol. The minimum Gasteiger partial charge on any atom is -0.383 e. The van der Waals surface area contributed by atoms with Crippen LogP contribution in [0.15, 0.2) is 54.7 Å². The second-order valence-electron chi connectivity index (χ2n) is 6.24. The normalized spacial score (nSPS) is 12.0. The molecular weight excluding hydrogens is 346 g/mol. The summed E-state index contributed by atoms with van der Waals surface area (Å²) in [6, 6.07) is 14.3. The highest BCUT2D eigenvalue weighted by molar-refractivity contribution is 5.86. The number of rotatable bonds is 8. The van der Waals surface area contributed by atoms with Crippen molar-refractivity contribution < 1.29 is 14.5 Å². The van der Waals surface area contributed by atoms with E-state index < -0.39 is 4.92 Å². The number of aromatic nitrogens is 1. The average Bonchev–Trinajstić information content (AvgIpc) is 3.10. The van der Waals surface area contributed by atoms with Crippen molar-refractivity contribution in [2.45, 2.75) is 12.3 Å². The number of hydrogen-bond donors (Lipinski definition) is 2. The first-order valence-electron chi connectivity index (χ1n) is 8.66. The Morgan fingerprint density at radius 2 is 2.07 bits per heavy atom. The number of benzene rings is 2. The van der Waals surface area contributed by atoms with Gasteiger partial charge < -0.3 is 15.0 Å². The van der Waals surface area contributed by atoms with Gasteiger partial charge in [0.25, 0.3) is 5.69 Å². The summed E-state index contributed by atoms with van der Waals surface area (Å²) in [6.45, 7) is 0.852. The first kappa shape index (κ1) is 18.6. The number of H-pyrrole nitrogens is 1. The number of para-hydroxylation sites is 1. The van der Waals surface area contributed by atoms with E-state index in [1.165, 1.54) is 12.1 Å². The van der Waals surface area contributed by atoms with Crippen LogP contribution >= 0.6 is 0 Å². The number of aromatic amines is 1. The van der Waals surface area contributed by atoms with Crippen molar-refractivity contribution in [2.75, 3.05) is 20.3 Å². The molecule has 1 atom stereocenters. The second-order valence-corrected chi connectivity index (χ2v) is 6.24. The molecule has 1 amide bonds. The van der Waals surface area contributed by atoms with Crippen molar-refractivity contribution in [2.24, 2.45) is 0 Å². The Morgan fingerprint density at radius 3 is 2.85 bits per heavy atom. The van der Waals surface area contributed by atoms with Crippen molar-refractivity contribution in [3.05, 3.63) is 76.0 Å². The number of methoxy groups -OCH3 is 1. The zero-order valence-electron chi connectivity index (χ0n) is 15.0. The summed E-state index contributed by atoms with van der Waals surface area (Å²) in [4.78, 5) is 26.4. The molecule has 2 aromatic carbocycles. The lowest BCUT2D eigenvalue weighted by molar-refractivity contribution is -0.384. The smallest absolute Gasteiger partial charge is 0.269 e. The topological polar surface area (TPSA) is 97.3 Å². The lowest BCUT2D eigenvalue weighted by Crippen LogP contribution is -2.28. The molecule has 3 rings (SSSR count). The summed E-state index contributed by atoms with van der Waals surface area (Å²) in [5.74, 6) is -0.433. The number of hydrogen-bond acceptors (Lipinski definition) is 4. The SMILES string of the molecule is COCCNC(=O)C[C@@H](c1cccc([N+](=O)[O-])c1)c1c[nH]c2ccccc12. The molecule has 0 unspecified atom stereocenters. The molecule has 0 aliphatic heterocycles. The van der Waals surface area contributed by atoms with Crippen LogP contribution in [0.2, 0.25) is 0 Å². The summed E-state index contributed by atoms with van der Waals surface area (Å²) in [5, 5.41) is 15.0. The molecule has 3 aromatic rings. The van der Waals surface area contributed by atoms with Gasteiger partial charge in [0.1, 0.15) is 0 Å². The quantitative estimate of drug-likeness (QED) is 0.362. The molecule has 0 radical (unpaired) electrons. The van der Waals surface area contributed by atoms with Crippen LogP contribution < -0.4 is 5.32 Å². The minimum absolute atomic E-state index is 0.0112. The van der Waals surface area contributed by atoms with Gasteiger partial charge in [0.05, 0.1) is 11.5 Å². The zero-order valence-corrected chi connectivity index (χ0v) is 15.0. The minimum atomic E-state index is -0.422. The summed E-state index contributed by atoms with van der Waals surface area (Å²) in [5.41, 5.74) is 2.64. The standard InChI is InChI=1S/C20H21N3O4/c1-27-10-9-21-20(24)12-17(14-5-4-6-15(11-14)23(25)26)18-13-22-19-8-3-2-7-16(18)19/h2-8,11,13,17,22H,9-10,12H2,1H3,(H,21,24)/t17-/m0/s1. The van der Waals surface area contributed by atoms with Crippen LogP contribution in [0.1, 0.15) is 23.5 Å². The largest absolute Gasteiger partial charge is 0.383 e. The Kier molecular flexibility index (Phi) is 5.83. The molecule has 2 N–H and O–H groups in total. The van der Waals surface area contributed by atoms with E-state index in [0.717, 1.165) is 22.0 Å². The summed E-state index contributed by atoms with van der Waals surface area (Å²) < 4.78 is 4.96. The Balaban J connectivity index is 1.97. The van der Waals surface area contributed by atoms with Crippen molar-refractivity contribution in [1.82, 2.24) is 10.3 Å². The third-order valence-corrected chi connectivity index (χ3v) is 4.50. The number of amides is 1. The molecular formula is C20H21N3O4. The van der Waals surface area contributed by atoms with Gasteiger partial charge in [-0.1, -0.05) is 30.3 Å². The highest BCUT2D eigenvalue weighted by Crippen LogP contribution is 2.34. The number of nitrogens with zero attached hydrogens (tertiary/aromatic N) is 1. The number of fused-ring (bicyclic) bond motifs is 1. The van der Waals surface area contributed by atoms with E-state index in [2.05, 4.69) is 10.3 Å². The molecule has 27 heavy (non-hydrogen) atoms. The van der Waals surface area contributed by atoms with Crippen LogP contribution in [0.3, 0.4) is 0 Å². The molecule has 7 heteroatoms. The van der Waals surface area contributed by atoms with Gasteiger partial charge in [-0.15, -0.1) is 0 Å². The maximum atomic E-state index is 12.4. The van der Waals surface area contributed by atoms with Crippen molar-refractivity contribution in [3.63, 3.8) is 0 Å². The number of carbonyl (C=O) groups is 1. The molecule has 7 nitrogen and oxygen atoms in total. The number of nitrogens with one attached hydrogen (secondary N) is 2. The number of carbonyl (C=O) groups excluding carboxylic acids is 1. The van der Waals surface area contributed by atoms with Gasteiger partial charge in [0.2, 0.25) is 5.91 Å². The summed E-state index contributed by atoms with van der Waals surface area (Å²) in [6.07, 6.45) is 2.06. The van der Waals surface area contributed by atoms with E-state index in [-0.39, 0.29) is 23.9 Å². The Morgan fingerprint density at radius 1 is 1.26 bits per heavy atom. The lowest BCUT2D eigenvalue weighted by Gasteiger charge is -2.17. The highest BCUT2D eigenvalue weighted by Gasteiger charge is 2.23. The van der Waals surface area contributed by atoms with Crippen LogP contribution in [0.4, 0.5) is 5.69 Å². The number of ether oxygens (including phenoxy) is 1. The molecule has 1 aromatic heterocycles. The summed E-state index contributed by atoms with van der Waals surface area (Å²) >= 11 is 0. The van der Waals surface area contributed by atoms with Crippen molar-refractivity contribution >= 4 is 22.5 Å². The van der Waals surface area contributed by atoms with Crippen LogP contribution in [0.5, 0.6) is 0 Å². The first-order valence-corrected chi connectivity index (χ1v) is 8.66. The number of non-ortho nitro benzene ring substituents is 1. The van der Waals surface area contributed by atoms with Gasteiger partial charge in [0, 0.05) is 55.2 Å². The molecule has 0 bridgehead atoms. The summed E-state index contributed by atoms with van der Waals surface area (Å²) in [7, 11) is 1.57. The maximum Gasteiger partial charge on any atom is 0.269 e. The predicted molar refractivity (Wildman–Crippen MR) is 103 cm³/mol. The Labute approximate surface area is 156 Å². The Bertz CT molecular complexity index is 951. The fraction of sp³-hybridized carbons (Fsp3) is 0.250. The van der Waals surface area contributed by atoms with E-state index in [4.69, 9.17) is 4.74 Å². The van der Waals surface area contributed by atoms with Gasteiger partial charge >= 0.3 is 0 Å². The van der Waals surface area contributed by atoms with Crippen LogP contribution in [0, 0.1) is 10.1 Å². The molecule has 1 heterocycles. The number of nitro groups is 1. The zero-order chi connectivity index (χ0) is 19.2. The molecule has 0 saturated heterocycles. The molecule has 0 fully saturated rings. The predicted octanol–water partition coefficient (Wildman–Crippen LogP) is 3.36. The molecule has 0 aliphatic carbocycles. The molecule has 0 spiro atoms. The molecule has 0 aliphatic rings. The third kappa shape index (κ3) is 4.32. The van der Waals surface area contributed by atoms with Crippen LogP contribution in [-0.4, -0.2) is 36.1 Å². The van der Waals surface area contributed by atoms with Gasteiger partial charge in [-0.05, 0) is 17.2 Å². The van der Waals surface area contributed by atoms with Crippen molar-refractivity contribution in [3.8, 4) is 0 Å². The highest BCUT2D eigenvalue weighted by atomic mass is 16.6. The lowest BCUT2D eigenvalue weighted by atomic mass is 9.87. The molecule has 0 saturated carbocycles. The van der Waals surface area contributed by atoms with Gasteiger partial charge in [0.15, 0.2) is 0 Å². The van der Waals surface area contributed by atoms with E-state index in [1.54, 1.807) is 13.2 Å². The number of nitro benzene ring substituents is 1. The second kappa shape index (κ2) is 8.46.